The van der Waals surface area contributed by atoms with Crippen molar-refractivity contribution in [2.45, 2.75) is 6.54 Å². The third-order valence-corrected chi connectivity index (χ3v) is 3.25. The minimum Gasteiger partial charge on any atom is -0.452 e. The molecule has 0 aromatic heterocycles. The molecule has 8 heteroatoms. The van der Waals surface area contributed by atoms with Gasteiger partial charge in [-0.1, -0.05) is 17.7 Å². The van der Waals surface area contributed by atoms with Crippen molar-refractivity contribution in [1.82, 2.24) is 5.32 Å². The summed E-state index contributed by atoms with van der Waals surface area (Å²) in [6.07, 6.45) is 0. The maximum Gasteiger partial charge on any atom is 0.341 e. The monoisotopic (exact) mass is 357 g/mol. The number of rotatable bonds is 5. The summed E-state index contributed by atoms with van der Waals surface area (Å²) in [5.74, 6) is -4.23. The summed E-state index contributed by atoms with van der Waals surface area (Å²) >= 11 is 5.61. The fourth-order valence-electron chi connectivity index (χ4n) is 1.77. The number of carbonyl (C=O) groups excluding carboxylic acids is 2. The van der Waals surface area contributed by atoms with Gasteiger partial charge in [0.2, 0.25) is 0 Å². The Kier molecular flexibility index (Phi) is 5.81. The molecule has 24 heavy (non-hydrogen) atoms. The zero-order valence-electron chi connectivity index (χ0n) is 12.1. The van der Waals surface area contributed by atoms with Crippen LogP contribution in [0.15, 0.2) is 36.4 Å². The van der Waals surface area contributed by atoms with E-state index in [2.05, 4.69) is 10.1 Å². The van der Waals surface area contributed by atoms with Gasteiger partial charge in [-0.25, -0.2) is 18.0 Å². The lowest BCUT2D eigenvalue weighted by Crippen LogP contribution is -2.28. The Bertz CT molecular complexity index is 783. The Morgan fingerprint density at radius 2 is 1.79 bits per heavy atom. The van der Waals surface area contributed by atoms with Gasteiger partial charge in [-0.05, 0) is 29.8 Å². The van der Waals surface area contributed by atoms with Crippen LogP contribution in [0.1, 0.15) is 15.9 Å². The van der Waals surface area contributed by atoms with Crippen LogP contribution in [0.2, 0.25) is 5.02 Å². The Morgan fingerprint density at radius 3 is 2.46 bits per heavy atom. The summed E-state index contributed by atoms with van der Waals surface area (Å²) in [4.78, 5) is 23.2. The first-order valence-corrected chi connectivity index (χ1v) is 7.07. The molecule has 0 bridgehead atoms. The van der Waals surface area contributed by atoms with Crippen molar-refractivity contribution in [1.29, 1.82) is 0 Å². The van der Waals surface area contributed by atoms with Crippen LogP contribution in [0, 0.1) is 17.5 Å². The highest BCUT2D eigenvalue weighted by atomic mass is 35.5. The van der Waals surface area contributed by atoms with Gasteiger partial charge in [0.05, 0.1) is 10.6 Å². The van der Waals surface area contributed by atoms with Gasteiger partial charge < -0.3 is 10.1 Å². The van der Waals surface area contributed by atoms with Crippen molar-refractivity contribution in [2.24, 2.45) is 0 Å². The first-order valence-electron chi connectivity index (χ1n) is 6.69. The van der Waals surface area contributed by atoms with Gasteiger partial charge in [-0.2, -0.15) is 0 Å². The molecule has 2 rings (SSSR count). The second kappa shape index (κ2) is 7.83. The molecule has 0 unspecified atom stereocenters. The molecule has 1 amide bonds. The summed E-state index contributed by atoms with van der Waals surface area (Å²) < 4.78 is 43.8. The topological polar surface area (TPSA) is 55.4 Å². The molecule has 0 heterocycles. The molecular formula is C16H11ClF3NO3. The van der Waals surface area contributed by atoms with Crippen molar-refractivity contribution in [2.75, 3.05) is 6.61 Å². The first-order chi connectivity index (χ1) is 11.4. The molecule has 2 aromatic carbocycles. The number of hydrogen-bond donors (Lipinski definition) is 1. The van der Waals surface area contributed by atoms with E-state index in [4.69, 9.17) is 11.6 Å². The lowest BCUT2D eigenvalue weighted by Gasteiger charge is -2.08. The van der Waals surface area contributed by atoms with Crippen LogP contribution in [0.3, 0.4) is 0 Å². The molecule has 2 aromatic rings. The van der Waals surface area contributed by atoms with E-state index >= 15 is 0 Å². The van der Waals surface area contributed by atoms with Gasteiger partial charge in [0.1, 0.15) is 17.5 Å². The van der Waals surface area contributed by atoms with Crippen LogP contribution in [-0.2, 0) is 16.1 Å². The fraction of sp³-hybridized carbons (Fsp3) is 0.125. The van der Waals surface area contributed by atoms with Crippen molar-refractivity contribution in [3.05, 3.63) is 70.0 Å². The van der Waals surface area contributed by atoms with Crippen LogP contribution >= 0.6 is 11.6 Å². The van der Waals surface area contributed by atoms with Crippen LogP contribution < -0.4 is 5.32 Å². The van der Waals surface area contributed by atoms with E-state index in [1.165, 1.54) is 12.1 Å². The van der Waals surface area contributed by atoms with E-state index in [-0.39, 0.29) is 11.6 Å². The molecule has 4 nitrogen and oxygen atoms in total. The van der Waals surface area contributed by atoms with Crippen molar-refractivity contribution < 1.29 is 27.5 Å². The lowest BCUT2D eigenvalue weighted by atomic mass is 10.2. The third-order valence-electron chi connectivity index (χ3n) is 2.96. The van der Waals surface area contributed by atoms with Crippen LogP contribution in [-0.4, -0.2) is 18.5 Å². The molecule has 0 fully saturated rings. The highest BCUT2D eigenvalue weighted by molar-refractivity contribution is 6.30. The summed E-state index contributed by atoms with van der Waals surface area (Å²) in [6, 6.07) is 6.29. The highest BCUT2D eigenvalue weighted by Crippen LogP contribution is 2.15. The number of benzene rings is 2. The van der Waals surface area contributed by atoms with E-state index < -0.39 is 41.5 Å². The van der Waals surface area contributed by atoms with Gasteiger partial charge in [0.25, 0.3) is 5.91 Å². The Hall–Kier alpha value is -2.54. The fourth-order valence-corrected chi connectivity index (χ4v) is 1.97. The highest BCUT2D eigenvalue weighted by Gasteiger charge is 2.15. The molecule has 0 aliphatic rings. The van der Waals surface area contributed by atoms with Crippen LogP contribution in [0.5, 0.6) is 0 Å². The lowest BCUT2D eigenvalue weighted by molar-refractivity contribution is -0.124. The van der Waals surface area contributed by atoms with Gasteiger partial charge in [0.15, 0.2) is 6.61 Å². The minimum atomic E-state index is -1.09. The van der Waals surface area contributed by atoms with Crippen molar-refractivity contribution in [3.63, 3.8) is 0 Å². The average molecular weight is 358 g/mol. The summed E-state index contributed by atoms with van der Waals surface area (Å²) in [7, 11) is 0. The SMILES string of the molecule is O=C(COC(=O)c1ccc(F)cc1F)NCc1ccc(F)c(Cl)c1. The van der Waals surface area contributed by atoms with Gasteiger partial charge in [0, 0.05) is 12.6 Å². The molecule has 126 valence electrons. The molecule has 0 radical (unpaired) electrons. The second-order valence-corrected chi connectivity index (χ2v) is 5.13. The molecule has 0 aliphatic carbocycles. The Balaban J connectivity index is 1.84. The van der Waals surface area contributed by atoms with Gasteiger partial charge in [-0.3, -0.25) is 4.79 Å². The predicted molar refractivity (Wildman–Crippen MR) is 79.9 cm³/mol. The van der Waals surface area contributed by atoms with E-state index in [9.17, 15) is 22.8 Å². The number of halogens is 4. The number of amides is 1. The molecule has 0 saturated heterocycles. The van der Waals surface area contributed by atoms with E-state index in [1.807, 2.05) is 0 Å². The van der Waals surface area contributed by atoms with E-state index in [1.54, 1.807) is 0 Å². The summed E-state index contributed by atoms with van der Waals surface area (Å²) in [6.45, 7) is -0.605. The van der Waals surface area contributed by atoms with Gasteiger partial charge >= 0.3 is 5.97 Å². The quantitative estimate of drug-likeness (QED) is 0.836. The van der Waals surface area contributed by atoms with Crippen molar-refractivity contribution >= 4 is 23.5 Å². The molecular weight excluding hydrogens is 347 g/mol. The number of ether oxygens (including phenoxy) is 1. The third kappa shape index (κ3) is 4.73. The first kappa shape index (κ1) is 17.8. The van der Waals surface area contributed by atoms with Crippen molar-refractivity contribution in [3.8, 4) is 0 Å². The maximum atomic E-state index is 13.4. The number of nitrogens with one attached hydrogen (secondary N) is 1. The Morgan fingerprint density at radius 1 is 1.04 bits per heavy atom. The zero-order valence-corrected chi connectivity index (χ0v) is 12.9. The maximum absolute atomic E-state index is 13.4. The number of hydrogen-bond acceptors (Lipinski definition) is 3. The average Bonchev–Trinajstić information content (AvgIpc) is 2.53. The van der Waals surface area contributed by atoms with E-state index in [0.29, 0.717) is 11.6 Å². The molecule has 0 spiro atoms. The van der Waals surface area contributed by atoms with Crippen LogP contribution in [0.4, 0.5) is 13.2 Å². The Labute approximate surface area is 140 Å². The standard InChI is InChI=1S/C16H11ClF3NO3/c17-12-5-9(1-4-13(12)19)7-21-15(22)8-24-16(23)11-3-2-10(18)6-14(11)20/h1-6H,7-8H2,(H,21,22). The second-order valence-electron chi connectivity index (χ2n) is 4.73. The largest absolute Gasteiger partial charge is 0.452 e. The molecule has 0 aliphatic heterocycles. The molecule has 0 saturated carbocycles. The number of carbonyl (C=O) groups is 2. The predicted octanol–water partition coefficient (Wildman–Crippen LogP) is 3.23. The summed E-state index contributed by atoms with van der Waals surface area (Å²) in [5.41, 5.74) is 0.0696. The molecule has 1 N–H and O–H groups in total. The smallest absolute Gasteiger partial charge is 0.341 e. The minimum absolute atomic E-state index is 0.0429. The normalized spacial score (nSPS) is 10.3. The zero-order chi connectivity index (χ0) is 17.7. The number of esters is 1. The molecule has 0 atom stereocenters. The van der Waals surface area contributed by atoms with Crippen LogP contribution in [0.25, 0.3) is 0 Å². The van der Waals surface area contributed by atoms with Gasteiger partial charge in [-0.15, -0.1) is 0 Å². The summed E-state index contributed by atoms with van der Waals surface area (Å²) in [5, 5.41) is 2.34. The van der Waals surface area contributed by atoms with E-state index in [0.717, 1.165) is 18.2 Å².